The number of anilines is 2. The fourth-order valence-corrected chi connectivity index (χ4v) is 270. The molecule has 126 heavy (non-hydrogen) atoms. The highest BCUT2D eigenvalue weighted by molar-refractivity contribution is 8.87. The van der Waals surface area contributed by atoms with Crippen LogP contribution in [0.1, 0.15) is 0 Å². The zero-order chi connectivity index (χ0) is 88.9. The van der Waals surface area contributed by atoms with Gasteiger partial charge in [-0.15, -0.1) is 0 Å². The van der Waals surface area contributed by atoms with Crippen molar-refractivity contribution < 1.29 is 0 Å². The van der Waals surface area contributed by atoms with Crippen LogP contribution < -0.4 is 5.32 Å². The molecule has 1 nitrogen and oxygen atoms in total. The van der Waals surface area contributed by atoms with Gasteiger partial charge in [0.15, 0.2) is 0 Å². The number of rotatable bonds is 4. The predicted molar refractivity (Wildman–Crippen MR) is 851 cm³/mol. The molecule has 0 aliphatic rings. The van der Waals surface area contributed by atoms with Gasteiger partial charge < -0.3 is 5.32 Å². The van der Waals surface area contributed by atoms with Gasteiger partial charge in [-0.25, -0.2) is 0 Å². The molecule has 4 aromatic rings. The molecule has 0 fully saturated rings. The Morgan fingerprint density at radius 3 is 0.286 bits per heavy atom. The van der Waals surface area contributed by atoms with Crippen LogP contribution in [-0.2, 0) is 902 Å². The maximum atomic E-state index is 4.83. The van der Waals surface area contributed by atoms with Gasteiger partial charge in [0.25, 0.3) is 0 Å². The number of benzene rings is 4. The molecule has 4 rings (SSSR count). The topological polar surface area (TPSA) is 12.0 Å². The summed E-state index contributed by atoms with van der Waals surface area (Å²) in [6.07, 6.45) is 0. The first-order valence-electron chi connectivity index (χ1n) is 25.1. The average molecular weight is 3560 g/mol. The molecular weight excluding hydrogens is 3540 g/mol. The number of hydrogen-bond acceptors (Lipinski definition) is 3. The minimum Gasteiger partial charge on any atom is -0.356 e. The Kier molecular flexibility index (Phi) is 135. The van der Waals surface area contributed by atoms with E-state index >= 15 is 0 Å². The molecule has 0 atom stereocenters. The molecule has 0 unspecified atom stereocenters. The molecule has 0 saturated heterocycles. The van der Waals surface area contributed by atoms with Crippen molar-refractivity contribution in [3.05, 3.63) is 109 Å². The number of hydrogen-bond donors (Lipinski definition) is 1. The molecule has 0 spiro atoms. The monoisotopic (exact) mass is 3550 g/mol. The molecule has 0 amide bonds. The summed E-state index contributed by atoms with van der Waals surface area (Å²) in [7, 11) is 179. The van der Waals surface area contributed by atoms with Gasteiger partial charge in [-0.05, 0) is 46.5 Å². The molecule has 0 radical (unpaired) electrons. The zero-order valence-corrected chi connectivity index (χ0v) is 138. The molecule has 726 valence electrons. The first-order valence-corrected chi connectivity index (χ1v) is 158. The summed E-state index contributed by atoms with van der Waals surface area (Å²) in [5.74, 6) is 0. The molecule has 0 aliphatic heterocycles. The van der Waals surface area contributed by atoms with Crippen molar-refractivity contribution in [1.82, 2.24) is 0 Å². The van der Waals surface area contributed by atoms with Gasteiger partial charge >= 0.3 is 0 Å². The normalized spacial score (nSPS) is 8.38. The molecule has 4 aromatic carbocycles. The average Bonchev–Trinajstić information content (AvgIpc) is 0.847. The molecule has 0 bridgehead atoms. The SMILES string of the molecule is S=S=S=S=S=S=S=S=S=S=S=S=S=S=S=S=S=S=S=S=S=S=S=S=S=S=S=S=S=S=S=S=S=S=S=S=S=S=S=S=S=S=S=S=S=S=S=S=S=S=S=S=S=S=S=S=S=S=S=S=S=S=S=S=S=S=S=S=S=S=S=S=S=S=S=S=S=S=S=S=S=S=S=S=S=S=S=S=S=S=S=S=S=S=S=S=S=S=S=S=S.c1ccc(-c2ccc(Nc3ccc(-c4ccccc4)cc3)cc2)cc1. The van der Waals surface area contributed by atoms with E-state index in [0.717, 1.165) is 11.4 Å². The summed E-state index contributed by atoms with van der Waals surface area (Å²) in [6, 6.07) is 37.9. The van der Waals surface area contributed by atoms with E-state index in [1.54, 1.807) is 107 Å². The van der Waals surface area contributed by atoms with Crippen LogP contribution in [0.4, 0.5) is 11.4 Å². The van der Waals surface area contributed by atoms with Crippen LogP contribution in [0.15, 0.2) is 109 Å². The molecule has 1 N–H and O–H groups in total. The van der Waals surface area contributed by atoms with Crippen LogP contribution in [0.3, 0.4) is 0 Å². The minimum absolute atomic E-state index is 1.09. The first kappa shape index (κ1) is 139. The van der Waals surface area contributed by atoms with E-state index in [0.29, 0.717) is 0 Å². The fourth-order valence-electron chi connectivity index (χ4n) is 4.02. The summed E-state index contributed by atoms with van der Waals surface area (Å²) in [5, 5.41) is 3.46. The van der Waals surface area contributed by atoms with Crippen molar-refractivity contribution in [3.63, 3.8) is 0 Å². The predicted octanol–water partition coefficient (Wildman–Crippen LogP) is 6.52. The second-order valence-electron chi connectivity index (χ2n) is 12.7. The lowest BCUT2D eigenvalue weighted by atomic mass is 10.0. The summed E-state index contributed by atoms with van der Waals surface area (Å²) < 4.78 is 0. The first-order chi connectivity index (χ1) is 62.8. The van der Waals surface area contributed by atoms with Crippen molar-refractivity contribution in [3.8, 4) is 22.3 Å². The van der Waals surface area contributed by atoms with Crippen LogP contribution >= 0.6 is 0 Å². The third-order valence-corrected chi connectivity index (χ3v) is 225. The standard InChI is InChI=1S/C24H19N.S101/c1-3-7-19(8-4-1)21-11-15-23(16-12-21)25-24-17-13-22(14-18-24)20-9-5-2-6-10-20;1-3-5-7-9-11-13-15-17-19-21-23-25-27-29-31-33-35-37-39-41-43-45-47-49-51-53-55-57-59-61-63-65-67-69-71-73-75-77-79-81-83-85-87-89-91-93-95-97-99-101-100-98-96-94-92-90-88-86-84-82-80-78-76-74-72-70-68-66-64-62-60-58-56-54-52-50-48-46-44-42-40-38-36-34-32-30-28-26-24-22-20-18-16-14-12-10-8-6-4-2/h1-18,25H;. The summed E-state index contributed by atoms with van der Waals surface area (Å²) in [5.41, 5.74) is 7.11. The summed E-state index contributed by atoms with van der Waals surface area (Å²) in [4.78, 5) is 0. The van der Waals surface area contributed by atoms with E-state index < -0.39 is 0 Å². The molecule has 102 heteroatoms. The van der Waals surface area contributed by atoms with Crippen LogP contribution in [0.2, 0.25) is 0 Å². The van der Waals surface area contributed by atoms with E-state index in [2.05, 4.69) is 102 Å². The molecule has 0 saturated carbocycles. The van der Waals surface area contributed by atoms with Crippen molar-refractivity contribution in [2.45, 2.75) is 0 Å². The smallest absolute Gasteiger partial charge is 0.0384 e. The Labute approximate surface area is 1020 Å². The van der Waals surface area contributed by atoms with Gasteiger partial charge in [0.05, 0.1) is 0 Å². The van der Waals surface area contributed by atoms with Crippen LogP contribution in [0.5, 0.6) is 0 Å². The number of nitrogens with one attached hydrogen (secondary N) is 1. The van der Waals surface area contributed by atoms with Crippen molar-refractivity contribution >= 4 is 913 Å². The summed E-state index contributed by atoms with van der Waals surface area (Å²) in [6.45, 7) is 0. The molecule has 0 heterocycles. The van der Waals surface area contributed by atoms with E-state index in [1.807, 2.05) is 767 Å². The second-order valence-corrected chi connectivity index (χ2v) is 188. The van der Waals surface area contributed by atoms with Crippen LogP contribution in [0.25, 0.3) is 22.3 Å². The largest absolute Gasteiger partial charge is 0.356 e. The minimum atomic E-state index is 1.09. The quantitative estimate of drug-likeness (QED) is 0.250. The maximum absolute atomic E-state index is 4.83. The van der Waals surface area contributed by atoms with E-state index in [1.165, 1.54) is 40.0 Å². The van der Waals surface area contributed by atoms with Crippen LogP contribution in [0, 0.1) is 0 Å². The highest BCUT2D eigenvalue weighted by Gasteiger charge is 2.00. The highest BCUT2D eigenvalue weighted by Crippen LogP contribution is 2.25. The molecule has 0 aliphatic carbocycles. The van der Waals surface area contributed by atoms with Crippen molar-refractivity contribution in [2.75, 3.05) is 5.32 Å². The Morgan fingerprint density at radius 2 is 0.190 bits per heavy atom. The van der Waals surface area contributed by atoms with Gasteiger partial charge in [-0.1, -0.05) is 84.9 Å². The maximum Gasteiger partial charge on any atom is 0.0384 e. The lowest BCUT2D eigenvalue weighted by molar-refractivity contribution is 1.53. The van der Waals surface area contributed by atoms with Gasteiger partial charge in [0.2, 0.25) is 0 Å². The van der Waals surface area contributed by atoms with Crippen molar-refractivity contribution in [1.29, 1.82) is 0 Å². The van der Waals surface area contributed by atoms with E-state index in [9.17, 15) is 0 Å². The van der Waals surface area contributed by atoms with Gasteiger partial charge in [0, 0.05) is 913 Å². The van der Waals surface area contributed by atoms with E-state index in [4.69, 9.17) is 22.4 Å². The Hall–Kier alpha value is 18.9. The Bertz CT molecular complexity index is 9210. The molecule has 0 aromatic heterocycles. The van der Waals surface area contributed by atoms with Crippen molar-refractivity contribution in [2.24, 2.45) is 0 Å². The third-order valence-electron chi connectivity index (χ3n) is 6.99. The van der Waals surface area contributed by atoms with Gasteiger partial charge in [0.1, 0.15) is 0 Å². The van der Waals surface area contributed by atoms with Gasteiger partial charge in [-0.3, -0.25) is 0 Å². The Morgan fingerprint density at radius 1 is 0.103 bits per heavy atom. The lowest BCUT2D eigenvalue weighted by Gasteiger charge is -2.09. The highest BCUT2D eigenvalue weighted by atomic mass is 33.6. The van der Waals surface area contributed by atoms with Crippen LogP contribution in [-0.4, -0.2) is 0 Å². The lowest BCUT2D eigenvalue weighted by Crippen LogP contribution is -1.90. The zero-order valence-electron chi connectivity index (χ0n) is 55.1. The molecular formula is C24H19NS101. The van der Waals surface area contributed by atoms with Gasteiger partial charge in [-0.2, -0.15) is 0 Å². The summed E-state index contributed by atoms with van der Waals surface area (Å²) >= 11 is 9.66. The Balaban J connectivity index is 0.00000137. The second kappa shape index (κ2) is 122. The third kappa shape index (κ3) is 106. The fraction of sp³-hybridized carbons (Fsp3) is 0. The van der Waals surface area contributed by atoms with E-state index in [-0.39, 0.29) is 0 Å².